The second kappa shape index (κ2) is 6.93. The highest BCUT2D eigenvalue weighted by Crippen LogP contribution is 2.56. The van der Waals surface area contributed by atoms with Crippen LogP contribution in [0.5, 0.6) is 0 Å². The third-order valence-electron chi connectivity index (χ3n) is 5.05. The lowest BCUT2D eigenvalue weighted by Crippen LogP contribution is -2.38. The van der Waals surface area contributed by atoms with Gasteiger partial charge in [0, 0.05) is 12.6 Å². The molecule has 1 atom stereocenters. The van der Waals surface area contributed by atoms with Crippen LogP contribution in [0.3, 0.4) is 0 Å². The van der Waals surface area contributed by atoms with Crippen molar-refractivity contribution in [3.05, 3.63) is 44.8 Å². The van der Waals surface area contributed by atoms with Gasteiger partial charge in [0.25, 0.3) is 5.91 Å². The van der Waals surface area contributed by atoms with Crippen LogP contribution in [0.4, 0.5) is 0 Å². The summed E-state index contributed by atoms with van der Waals surface area (Å²) in [4.78, 5) is 16.0. The largest absolute Gasteiger partial charge is 0.330 e. The van der Waals surface area contributed by atoms with E-state index in [0.717, 1.165) is 24.5 Å². The summed E-state index contributed by atoms with van der Waals surface area (Å²) in [6.07, 6.45) is 3.58. The molecular weight excluding hydrogens is 348 g/mol. The van der Waals surface area contributed by atoms with Crippen molar-refractivity contribution < 1.29 is 4.79 Å². The average molecular weight is 369 g/mol. The Balaban J connectivity index is 0.00000156. The fourth-order valence-electron chi connectivity index (χ4n) is 3.67. The summed E-state index contributed by atoms with van der Waals surface area (Å²) in [6, 6.07) is 6.47. The standard InChI is InChI=1S/C17H20N2OS2.ClH/c20-16(14-2-1-8-22-14)19(11-13-3-9-21-12-13)15-10-17(15)4-6-18-7-5-17;/h1-3,8-9,12,15,18H,4-7,10-11H2;1H. The van der Waals surface area contributed by atoms with Gasteiger partial charge in [-0.1, -0.05) is 6.07 Å². The van der Waals surface area contributed by atoms with Gasteiger partial charge in [0.2, 0.25) is 0 Å². The summed E-state index contributed by atoms with van der Waals surface area (Å²) in [5.41, 5.74) is 1.64. The van der Waals surface area contributed by atoms with E-state index >= 15 is 0 Å². The van der Waals surface area contributed by atoms with Crippen molar-refractivity contribution in [2.45, 2.75) is 31.8 Å². The quantitative estimate of drug-likeness (QED) is 0.884. The van der Waals surface area contributed by atoms with Gasteiger partial charge in [0.15, 0.2) is 0 Å². The molecule has 1 N–H and O–H groups in total. The summed E-state index contributed by atoms with van der Waals surface area (Å²) < 4.78 is 0. The van der Waals surface area contributed by atoms with Crippen LogP contribution < -0.4 is 5.32 Å². The van der Waals surface area contributed by atoms with Crippen molar-refractivity contribution >= 4 is 41.0 Å². The Morgan fingerprint density at radius 3 is 2.78 bits per heavy atom. The van der Waals surface area contributed by atoms with E-state index in [0.29, 0.717) is 11.5 Å². The van der Waals surface area contributed by atoms with Gasteiger partial charge < -0.3 is 10.2 Å². The number of nitrogens with zero attached hydrogens (tertiary/aromatic N) is 1. The minimum Gasteiger partial charge on any atom is -0.330 e. The number of thiophene rings is 2. The van der Waals surface area contributed by atoms with E-state index in [1.807, 2.05) is 17.5 Å². The van der Waals surface area contributed by atoms with Gasteiger partial charge in [0.1, 0.15) is 0 Å². The summed E-state index contributed by atoms with van der Waals surface area (Å²) in [5.74, 6) is 0.210. The molecule has 2 aromatic heterocycles. The summed E-state index contributed by atoms with van der Waals surface area (Å²) >= 11 is 3.26. The predicted molar refractivity (Wildman–Crippen MR) is 98.7 cm³/mol. The van der Waals surface area contributed by atoms with Crippen molar-refractivity contribution in [2.24, 2.45) is 5.41 Å². The lowest BCUT2D eigenvalue weighted by Gasteiger charge is -2.29. The molecule has 6 heteroatoms. The van der Waals surface area contributed by atoms with E-state index in [1.54, 1.807) is 22.7 Å². The lowest BCUT2D eigenvalue weighted by molar-refractivity contribution is 0.0697. The highest BCUT2D eigenvalue weighted by Gasteiger charge is 2.57. The minimum atomic E-state index is 0. The molecule has 124 valence electrons. The highest BCUT2D eigenvalue weighted by molar-refractivity contribution is 7.12. The number of amides is 1. The fraction of sp³-hybridized carbons (Fsp3) is 0.471. The molecule has 2 fully saturated rings. The van der Waals surface area contributed by atoms with Gasteiger partial charge in [0.05, 0.1) is 4.88 Å². The molecule has 1 spiro atoms. The average Bonchev–Trinajstić information content (AvgIpc) is 3.02. The summed E-state index contributed by atoms with van der Waals surface area (Å²) in [7, 11) is 0. The molecule has 1 saturated heterocycles. The Morgan fingerprint density at radius 2 is 2.13 bits per heavy atom. The van der Waals surface area contributed by atoms with Crippen molar-refractivity contribution in [2.75, 3.05) is 13.1 Å². The van der Waals surface area contributed by atoms with E-state index in [2.05, 4.69) is 27.0 Å². The van der Waals surface area contributed by atoms with Crippen molar-refractivity contribution in [1.82, 2.24) is 10.2 Å². The molecule has 0 aromatic carbocycles. The summed E-state index contributed by atoms with van der Waals surface area (Å²) in [6.45, 7) is 2.94. The number of hydrogen-bond acceptors (Lipinski definition) is 4. The number of piperidine rings is 1. The Bertz CT molecular complexity index is 636. The molecule has 4 rings (SSSR count). The molecule has 2 aromatic rings. The molecular formula is C17H21ClN2OS2. The molecule has 1 aliphatic heterocycles. The molecule has 2 aliphatic rings. The van der Waals surface area contributed by atoms with E-state index < -0.39 is 0 Å². The zero-order valence-corrected chi connectivity index (χ0v) is 15.3. The van der Waals surface area contributed by atoms with Gasteiger partial charge in [-0.2, -0.15) is 11.3 Å². The zero-order valence-electron chi connectivity index (χ0n) is 12.9. The number of halogens is 1. The molecule has 1 aliphatic carbocycles. The maximum Gasteiger partial charge on any atom is 0.264 e. The van der Waals surface area contributed by atoms with Gasteiger partial charge in [-0.25, -0.2) is 0 Å². The fourth-order valence-corrected chi connectivity index (χ4v) is 5.01. The highest BCUT2D eigenvalue weighted by atomic mass is 35.5. The van der Waals surface area contributed by atoms with Crippen molar-refractivity contribution in [3.63, 3.8) is 0 Å². The molecule has 3 heterocycles. The Labute approximate surface area is 151 Å². The first-order valence-electron chi connectivity index (χ1n) is 7.85. The lowest BCUT2D eigenvalue weighted by atomic mass is 9.93. The zero-order chi connectivity index (χ0) is 15.0. The number of hydrogen-bond donors (Lipinski definition) is 1. The van der Waals surface area contributed by atoms with Gasteiger partial charge in [-0.05, 0) is 71.6 Å². The van der Waals surface area contributed by atoms with E-state index in [9.17, 15) is 4.79 Å². The number of rotatable bonds is 4. The monoisotopic (exact) mass is 368 g/mol. The first-order valence-corrected chi connectivity index (χ1v) is 9.67. The number of nitrogens with one attached hydrogen (secondary N) is 1. The minimum absolute atomic E-state index is 0. The third-order valence-corrected chi connectivity index (χ3v) is 6.64. The number of carbonyl (C=O) groups is 1. The SMILES string of the molecule is Cl.O=C(c1cccs1)N(Cc1ccsc1)C1CC12CCNCC2. The molecule has 1 saturated carbocycles. The maximum atomic E-state index is 13.0. The molecule has 0 radical (unpaired) electrons. The van der Waals surface area contributed by atoms with Crippen LogP contribution in [-0.4, -0.2) is 29.9 Å². The van der Waals surface area contributed by atoms with Crippen molar-refractivity contribution in [1.29, 1.82) is 0 Å². The van der Waals surface area contributed by atoms with Crippen LogP contribution in [0, 0.1) is 5.41 Å². The van der Waals surface area contributed by atoms with Crippen LogP contribution in [0.1, 0.15) is 34.5 Å². The predicted octanol–water partition coefficient (Wildman–Crippen LogP) is 4.02. The topological polar surface area (TPSA) is 32.3 Å². The Hall–Kier alpha value is -0.880. The molecule has 1 unspecified atom stereocenters. The normalized spacial score (nSPS) is 21.7. The van der Waals surface area contributed by atoms with Gasteiger partial charge >= 0.3 is 0 Å². The molecule has 0 bridgehead atoms. The van der Waals surface area contributed by atoms with Crippen LogP contribution in [0.2, 0.25) is 0 Å². The van der Waals surface area contributed by atoms with E-state index in [1.165, 1.54) is 24.8 Å². The van der Waals surface area contributed by atoms with E-state index in [4.69, 9.17) is 0 Å². The molecule has 23 heavy (non-hydrogen) atoms. The Morgan fingerprint density at radius 1 is 1.30 bits per heavy atom. The maximum absolute atomic E-state index is 13.0. The second-order valence-corrected chi connectivity index (χ2v) is 8.10. The van der Waals surface area contributed by atoms with Gasteiger partial charge in [-0.3, -0.25) is 4.79 Å². The van der Waals surface area contributed by atoms with Crippen molar-refractivity contribution in [3.8, 4) is 0 Å². The first kappa shape index (κ1) is 17.0. The smallest absolute Gasteiger partial charge is 0.264 e. The van der Waals surface area contributed by atoms with Crippen LogP contribution >= 0.6 is 35.1 Å². The number of carbonyl (C=O) groups excluding carboxylic acids is 1. The van der Waals surface area contributed by atoms with Gasteiger partial charge in [-0.15, -0.1) is 23.7 Å². The van der Waals surface area contributed by atoms with Crippen LogP contribution in [-0.2, 0) is 6.54 Å². The Kier molecular flexibility index (Phi) is 5.11. The molecule has 3 nitrogen and oxygen atoms in total. The van der Waals surface area contributed by atoms with E-state index in [-0.39, 0.29) is 18.3 Å². The van der Waals surface area contributed by atoms with Crippen LogP contribution in [0.15, 0.2) is 34.3 Å². The van der Waals surface area contributed by atoms with Crippen LogP contribution in [0.25, 0.3) is 0 Å². The molecule has 1 amide bonds. The first-order chi connectivity index (χ1) is 10.8. The summed E-state index contributed by atoms with van der Waals surface area (Å²) in [5, 5.41) is 9.68. The second-order valence-electron chi connectivity index (χ2n) is 6.37. The third kappa shape index (κ3) is 3.33.